The summed E-state index contributed by atoms with van der Waals surface area (Å²) in [6, 6.07) is 27.2. The lowest BCUT2D eigenvalue weighted by Gasteiger charge is -2.33. The third-order valence-electron chi connectivity index (χ3n) is 6.96. The maximum atomic E-state index is 13.7. The number of benzene rings is 3. The predicted octanol–water partition coefficient (Wildman–Crippen LogP) is 4.82. The summed E-state index contributed by atoms with van der Waals surface area (Å²) in [4.78, 5) is 30.9. The summed E-state index contributed by atoms with van der Waals surface area (Å²) >= 11 is 0. The molecule has 1 aromatic heterocycles. The third kappa shape index (κ3) is 6.68. The summed E-state index contributed by atoms with van der Waals surface area (Å²) in [6.07, 6.45) is 2.73. The molecule has 0 aliphatic carbocycles. The molecule has 38 heavy (non-hydrogen) atoms. The number of likely N-dealkylation sites (N-methyl/N-ethyl adjacent to an activating group) is 2. The number of nitrogens with one attached hydrogen (secondary N) is 2. The monoisotopic (exact) mass is 512 g/mol. The summed E-state index contributed by atoms with van der Waals surface area (Å²) in [6.45, 7) is 3.53. The van der Waals surface area contributed by atoms with Crippen molar-refractivity contribution in [2.75, 3.05) is 20.1 Å². The largest absolute Gasteiger partial charge is 0.481 e. The minimum Gasteiger partial charge on any atom is -0.481 e. The average Bonchev–Trinajstić information content (AvgIpc) is 3.36. The van der Waals surface area contributed by atoms with Crippen LogP contribution in [0.15, 0.2) is 91.1 Å². The lowest BCUT2D eigenvalue weighted by Crippen LogP contribution is -2.54. The molecule has 3 N–H and O–H groups in total. The minimum absolute atomic E-state index is 0.0125. The highest BCUT2D eigenvalue weighted by molar-refractivity contribution is 5.89. The Labute approximate surface area is 224 Å². The fourth-order valence-corrected chi connectivity index (χ4v) is 4.95. The first-order chi connectivity index (χ1) is 18.5. The molecule has 0 unspecified atom stereocenters. The molecule has 0 radical (unpaired) electrons. The molecule has 1 heterocycles. The number of aromatic amines is 1. The minimum atomic E-state index is -0.862. The Hall–Kier alpha value is -3.94. The number of hydrogen-bond donors (Lipinski definition) is 3. The van der Waals surface area contributed by atoms with Crippen LogP contribution in [0.5, 0.6) is 0 Å². The molecule has 4 rings (SSSR count). The van der Waals surface area contributed by atoms with E-state index in [2.05, 4.69) is 10.4 Å². The van der Waals surface area contributed by atoms with E-state index in [0.717, 1.165) is 27.6 Å². The number of aromatic nitrogens is 1. The fourth-order valence-electron chi connectivity index (χ4n) is 4.95. The van der Waals surface area contributed by atoms with Crippen molar-refractivity contribution >= 4 is 22.8 Å². The first-order valence-electron chi connectivity index (χ1n) is 13.1. The van der Waals surface area contributed by atoms with Gasteiger partial charge in [-0.3, -0.25) is 15.0 Å². The number of hydrogen-bond acceptors (Lipinski definition) is 4. The first kappa shape index (κ1) is 27.1. The molecule has 2 atom stereocenters. The summed E-state index contributed by atoms with van der Waals surface area (Å²) < 4.78 is 0. The summed E-state index contributed by atoms with van der Waals surface area (Å²) in [5, 5.41) is 12.9. The van der Waals surface area contributed by atoms with Crippen LogP contribution in [0.2, 0.25) is 0 Å². The van der Waals surface area contributed by atoms with Crippen molar-refractivity contribution in [3.63, 3.8) is 0 Å². The van der Waals surface area contributed by atoms with Crippen molar-refractivity contribution < 1.29 is 14.7 Å². The normalized spacial score (nSPS) is 12.9. The van der Waals surface area contributed by atoms with Gasteiger partial charge in [0.1, 0.15) is 6.04 Å². The van der Waals surface area contributed by atoms with E-state index in [0.29, 0.717) is 32.5 Å². The van der Waals surface area contributed by atoms with Crippen LogP contribution >= 0.6 is 0 Å². The molecule has 7 nitrogen and oxygen atoms in total. The van der Waals surface area contributed by atoms with Crippen molar-refractivity contribution in [2.24, 2.45) is 0 Å². The van der Waals surface area contributed by atoms with Crippen molar-refractivity contribution in [2.45, 2.75) is 38.3 Å². The van der Waals surface area contributed by atoms with Crippen molar-refractivity contribution in [3.8, 4) is 0 Å². The number of H-pyrrole nitrogens is 1. The maximum absolute atomic E-state index is 13.7. The molecule has 4 aromatic rings. The Kier molecular flexibility index (Phi) is 9.30. The second-order valence-corrected chi connectivity index (χ2v) is 9.55. The molecule has 0 bridgehead atoms. The third-order valence-corrected chi connectivity index (χ3v) is 6.96. The molecular formula is C31H36N4O3. The molecule has 0 aliphatic rings. The van der Waals surface area contributed by atoms with Gasteiger partial charge in [0, 0.05) is 43.8 Å². The Morgan fingerprint density at radius 3 is 2.21 bits per heavy atom. The lowest BCUT2D eigenvalue weighted by molar-refractivity contribution is -0.140. The van der Waals surface area contributed by atoms with E-state index in [-0.39, 0.29) is 5.91 Å². The second kappa shape index (κ2) is 13.0. The number of aliphatic carboxylic acids is 1. The second-order valence-electron chi connectivity index (χ2n) is 9.55. The molecule has 1 amide bonds. The van der Waals surface area contributed by atoms with Gasteiger partial charge in [-0.2, -0.15) is 0 Å². The van der Waals surface area contributed by atoms with Gasteiger partial charge in [-0.05, 0) is 35.6 Å². The number of carboxylic acids is 1. The van der Waals surface area contributed by atoms with Crippen LogP contribution in [0.1, 0.15) is 36.0 Å². The molecule has 198 valence electrons. The standard InChI is InChI=1S/C31H36N4O3/c1-3-35(33-19-18-26(31(37)38)27-21-32-28-17-11-10-16-25(27)28)29(20-23-12-6-4-7-13-23)30(36)34(2)22-24-14-8-5-9-15-24/h4-17,21,26,29,32-33H,3,18-20,22H2,1-2H3,(H,37,38)/t26-,29+/m1/s1. The number of para-hydroxylation sites is 1. The molecule has 0 saturated carbocycles. The van der Waals surface area contributed by atoms with E-state index in [1.165, 1.54) is 0 Å². The molecule has 0 spiro atoms. The molecule has 7 heteroatoms. The van der Waals surface area contributed by atoms with E-state index in [1.807, 2.05) is 104 Å². The topological polar surface area (TPSA) is 88.7 Å². The van der Waals surface area contributed by atoms with E-state index < -0.39 is 17.9 Å². The van der Waals surface area contributed by atoms with Crippen LogP contribution in [0, 0.1) is 0 Å². The quantitative estimate of drug-likeness (QED) is 0.224. The summed E-state index contributed by atoms with van der Waals surface area (Å²) in [7, 11) is 1.83. The van der Waals surface area contributed by atoms with Crippen LogP contribution in [-0.4, -0.2) is 58.1 Å². The maximum Gasteiger partial charge on any atom is 0.311 e. The number of fused-ring (bicyclic) bond motifs is 1. The van der Waals surface area contributed by atoms with E-state index in [4.69, 9.17) is 0 Å². The highest BCUT2D eigenvalue weighted by Gasteiger charge is 2.29. The van der Waals surface area contributed by atoms with Gasteiger partial charge >= 0.3 is 5.97 Å². The predicted molar refractivity (Wildman–Crippen MR) is 151 cm³/mol. The Morgan fingerprint density at radius 1 is 0.921 bits per heavy atom. The molecular weight excluding hydrogens is 476 g/mol. The smallest absolute Gasteiger partial charge is 0.311 e. The van der Waals surface area contributed by atoms with Crippen LogP contribution in [-0.2, 0) is 22.6 Å². The summed E-state index contributed by atoms with van der Waals surface area (Å²) in [5.41, 5.74) is 7.24. The van der Waals surface area contributed by atoms with Gasteiger partial charge in [0.2, 0.25) is 5.91 Å². The van der Waals surface area contributed by atoms with E-state index >= 15 is 0 Å². The molecule has 3 aromatic carbocycles. The van der Waals surface area contributed by atoms with Gasteiger partial charge in [0.15, 0.2) is 0 Å². The highest BCUT2D eigenvalue weighted by atomic mass is 16.4. The first-order valence-corrected chi connectivity index (χ1v) is 13.1. The molecule has 0 aliphatic heterocycles. The Bertz CT molecular complexity index is 1320. The van der Waals surface area contributed by atoms with Gasteiger partial charge in [0.05, 0.1) is 5.92 Å². The number of carbonyl (C=O) groups excluding carboxylic acids is 1. The number of carboxylic acid groups (broad SMARTS) is 1. The van der Waals surface area contributed by atoms with E-state index in [9.17, 15) is 14.7 Å². The van der Waals surface area contributed by atoms with Crippen molar-refractivity contribution in [3.05, 3.63) is 108 Å². The number of carbonyl (C=O) groups is 2. The van der Waals surface area contributed by atoms with Gasteiger partial charge in [0.25, 0.3) is 0 Å². The van der Waals surface area contributed by atoms with Crippen LogP contribution < -0.4 is 5.43 Å². The molecule has 0 fully saturated rings. The average molecular weight is 513 g/mol. The van der Waals surface area contributed by atoms with E-state index in [1.54, 1.807) is 11.1 Å². The van der Waals surface area contributed by atoms with Gasteiger partial charge in [-0.1, -0.05) is 85.8 Å². The molecule has 0 saturated heterocycles. The van der Waals surface area contributed by atoms with Gasteiger partial charge in [-0.25, -0.2) is 5.01 Å². The zero-order valence-electron chi connectivity index (χ0n) is 22.0. The van der Waals surface area contributed by atoms with Crippen molar-refractivity contribution in [1.29, 1.82) is 0 Å². The number of rotatable bonds is 13. The number of nitrogens with zero attached hydrogens (tertiary/aromatic N) is 2. The van der Waals surface area contributed by atoms with Crippen molar-refractivity contribution in [1.82, 2.24) is 20.3 Å². The zero-order chi connectivity index (χ0) is 26.9. The van der Waals surface area contributed by atoms with Crippen LogP contribution in [0.25, 0.3) is 10.9 Å². The number of hydrazine groups is 1. The van der Waals surface area contributed by atoms with Crippen LogP contribution in [0.3, 0.4) is 0 Å². The zero-order valence-corrected chi connectivity index (χ0v) is 22.0. The Balaban J connectivity index is 1.48. The SMILES string of the molecule is CCN(NCC[C@@H](C(=O)O)c1c[nH]c2ccccc12)[C@@H](Cc1ccccc1)C(=O)N(C)Cc1ccccc1. The number of amides is 1. The lowest BCUT2D eigenvalue weighted by atomic mass is 9.95. The highest BCUT2D eigenvalue weighted by Crippen LogP contribution is 2.28. The van der Waals surface area contributed by atoms with Gasteiger partial charge < -0.3 is 15.0 Å². The van der Waals surface area contributed by atoms with Gasteiger partial charge in [-0.15, -0.1) is 0 Å². The fraction of sp³-hybridized carbons (Fsp3) is 0.290. The Morgan fingerprint density at radius 2 is 1.55 bits per heavy atom. The summed E-state index contributed by atoms with van der Waals surface area (Å²) in [5.74, 6) is -1.51. The van der Waals surface area contributed by atoms with Crippen LogP contribution in [0.4, 0.5) is 0 Å².